The summed E-state index contributed by atoms with van der Waals surface area (Å²) in [5.41, 5.74) is 4.81. The van der Waals surface area contributed by atoms with E-state index in [-0.39, 0.29) is 11.9 Å². The molecule has 9 heteroatoms. The number of pyridine rings is 1. The van der Waals surface area contributed by atoms with Crippen molar-refractivity contribution >= 4 is 50.6 Å². The highest BCUT2D eigenvalue weighted by molar-refractivity contribution is 7.21. The number of halogens is 1. The Hall–Kier alpha value is -4.76. The number of hydrogen-bond acceptors (Lipinski definition) is 5. The molecule has 0 spiro atoms. The fourth-order valence-electron chi connectivity index (χ4n) is 5.17. The van der Waals surface area contributed by atoms with Gasteiger partial charge in [-0.3, -0.25) is 4.79 Å². The average molecular weight is 580 g/mol. The molecule has 212 valence electrons. The van der Waals surface area contributed by atoms with Crippen molar-refractivity contribution in [1.82, 2.24) is 9.88 Å². The first kappa shape index (κ1) is 27.4. The van der Waals surface area contributed by atoms with Crippen LogP contribution in [-0.2, 0) is 6.67 Å². The third-order valence-electron chi connectivity index (χ3n) is 7.55. The number of thiophene rings is 1. The molecule has 0 unspecified atom stereocenters. The first-order chi connectivity index (χ1) is 20.5. The van der Waals surface area contributed by atoms with Crippen molar-refractivity contribution < 1.29 is 14.0 Å². The molecular formula is C33H30FN5O2S. The minimum absolute atomic E-state index is 0.154. The summed E-state index contributed by atoms with van der Waals surface area (Å²) in [4.78, 5) is 35.0. The number of alkyl halides is 1. The summed E-state index contributed by atoms with van der Waals surface area (Å²) >= 11 is 1.49. The maximum absolute atomic E-state index is 13.2. The zero-order valence-electron chi connectivity index (χ0n) is 23.1. The first-order valence-corrected chi connectivity index (χ1v) is 14.6. The lowest BCUT2D eigenvalue weighted by molar-refractivity contribution is 0.103. The minimum atomic E-state index is -0.633. The van der Waals surface area contributed by atoms with E-state index in [4.69, 9.17) is 0 Å². The number of hydrogen-bond donors (Lipinski definition) is 2. The zero-order chi connectivity index (χ0) is 29.1. The van der Waals surface area contributed by atoms with Gasteiger partial charge in [-0.05, 0) is 59.3 Å². The second-order valence-corrected chi connectivity index (χ2v) is 11.2. The standard InChI is InChI=1S/C33H30FN5O2S/c1-22-27-19-24(23-7-3-2-4-8-23)11-13-29(27)42-31(22)32(40)36-26-12-14-30(35-21-26)38-15-17-39(18-16-38)33(41)37-28-10-6-5-9-25(28)20-34/h2-14,19,21H,15-18,20H2,1H3,(H,36,40)(H,37,41). The normalized spacial score (nSPS) is 13.3. The van der Waals surface area contributed by atoms with Gasteiger partial charge < -0.3 is 20.4 Å². The number of piperazine rings is 1. The summed E-state index contributed by atoms with van der Waals surface area (Å²) in [7, 11) is 0. The number of anilines is 3. The van der Waals surface area contributed by atoms with Crippen LogP contribution in [0.4, 0.5) is 26.4 Å². The first-order valence-electron chi connectivity index (χ1n) is 13.8. The smallest absolute Gasteiger partial charge is 0.321 e. The number of aryl methyl sites for hydroxylation is 1. The van der Waals surface area contributed by atoms with Gasteiger partial charge in [0.25, 0.3) is 5.91 Å². The Balaban J connectivity index is 1.07. The maximum atomic E-state index is 13.2. The van der Waals surface area contributed by atoms with Crippen LogP contribution in [0, 0.1) is 6.92 Å². The van der Waals surface area contributed by atoms with Crippen molar-refractivity contribution in [3.05, 3.63) is 107 Å². The molecule has 0 bridgehead atoms. The number of nitrogens with one attached hydrogen (secondary N) is 2. The second kappa shape index (κ2) is 12.0. The third-order valence-corrected chi connectivity index (χ3v) is 8.82. The summed E-state index contributed by atoms with van der Waals surface area (Å²) in [6.07, 6.45) is 1.66. The van der Waals surface area contributed by atoms with E-state index < -0.39 is 6.67 Å². The van der Waals surface area contributed by atoms with Crippen LogP contribution in [0.25, 0.3) is 21.2 Å². The molecular weight excluding hydrogens is 549 g/mol. The van der Waals surface area contributed by atoms with Gasteiger partial charge in [0.1, 0.15) is 12.5 Å². The minimum Gasteiger partial charge on any atom is -0.353 e. The monoisotopic (exact) mass is 579 g/mol. The van der Waals surface area contributed by atoms with E-state index in [1.165, 1.54) is 11.3 Å². The highest BCUT2D eigenvalue weighted by atomic mass is 32.1. The van der Waals surface area contributed by atoms with E-state index in [0.29, 0.717) is 48.0 Å². The molecule has 0 atom stereocenters. The van der Waals surface area contributed by atoms with Crippen LogP contribution in [0.1, 0.15) is 20.8 Å². The van der Waals surface area contributed by atoms with Crippen LogP contribution in [0.15, 0.2) is 91.1 Å². The van der Waals surface area contributed by atoms with Crippen molar-refractivity contribution in [2.75, 3.05) is 41.7 Å². The van der Waals surface area contributed by atoms with Crippen LogP contribution < -0.4 is 15.5 Å². The molecule has 42 heavy (non-hydrogen) atoms. The summed E-state index contributed by atoms with van der Waals surface area (Å²) < 4.78 is 14.3. The highest BCUT2D eigenvalue weighted by Crippen LogP contribution is 2.34. The molecule has 7 nitrogen and oxygen atoms in total. The molecule has 1 fully saturated rings. The van der Waals surface area contributed by atoms with Gasteiger partial charge in [0.05, 0.1) is 16.8 Å². The highest BCUT2D eigenvalue weighted by Gasteiger charge is 2.23. The van der Waals surface area contributed by atoms with Crippen molar-refractivity contribution in [2.45, 2.75) is 13.6 Å². The number of para-hydroxylation sites is 1. The van der Waals surface area contributed by atoms with Crippen molar-refractivity contribution in [3.63, 3.8) is 0 Å². The summed E-state index contributed by atoms with van der Waals surface area (Å²) in [5, 5.41) is 6.90. The number of carbonyl (C=O) groups excluding carboxylic acids is 2. The molecule has 1 aliphatic rings. The number of urea groups is 1. The van der Waals surface area contributed by atoms with Gasteiger partial charge in [0.15, 0.2) is 0 Å². The zero-order valence-corrected chi connectivity index (χ0v) is 24.0. The number of rotatable bonds is 6. The van der Waals surface area contributed by atoms with Gasteiger partial charge in [0.2, 0.25) is 0 Å². The summed E-state index contributed by atoms with van der Waals surface area (Å²) in [5.74, 6) is 0.626. The lowest BCUT2D eigenvalue weighted by atomic mass is 10.0. The summed E-state index contributed by atoms with van der Waals surface area (Å²) in [6, 6.07) is 26.9. The van der Waals surface area contributed by atoms with Crippen LogP contribution in [0.3, 0.4) is 0 Å². The van der Waals surface area contributed by atoms with Crippen LogP contribution in [0.5, 0.6) is 0 Å². The van der Waals surface area contributed by atoms with Gasteiger partial charge in [-0.2, -0.15) is 0 Å². The predicted octanol–water partition coefficient (Wildman–Crippen LogP) is 7.35. The van der Waals surface area contributed by atoms with E-state index in [1.54, 1.807) is 35.4 Å². The average Bonchev–Trinajstić information content (AvgIpc) is 3.38. The van der Waals surface area contributed by atoms with Crippen molar-refractivity contribution in [3.8, 4) is 11.1 Å². The van der Waals surface area contributed by atoms with Gasteiger partial charge in [0, 0.05) is 42.1 Å². The topological polar surface area (TPSA) is 77.6 Å². The lowest BCUT2D eigenvalue weighted by Gasteiger charge is -2.35. The molecule has 3 heterocycles. The molecule has 5 aromatic rings. The summed E-state index contributed by atoms with van der Waals surface area (Å²) in [6.45, 7) is 3.61. The maximum Gasteiger partial charge on any atom is 0.321 e. The Bertz CT molecular complexity index is 1730. The quantitative estimate of drug-likeness (QED) is 0.221. The van der Waals surface area contributed by atoms with Crippen LogP contribution in [-0.4, -0.2) is 48.0 Å². The van der Waals surface area contributed by atoms with E-state index in [2.05, 4.69) is 50.8 Å². The molecule has 2 N–H and O–H groups in total. The Morgan fingerprint density at radius 1 is 0.881 bits per heavy atom. The molecule has 0 aliphatic carbocycles. The van der Waals surface area contributed by atoms with Gasteiger partial charge in [-0.1, -0.05) is 54.6 Å². The van der Waals surface area contributed by atoms with E-state index in [9.17, 15) is 14.0 Å². The largest absolute Gasteiger partial charge is 0.353 e. The number of benzene rings is 3. The fourth-order valence-corrected chi connectivity index (χ4v) is 6.26. The molecule has 2 aromatic heterocycles. The third kappa shape index (κ3) is 5.69. The van der Waals surface area contributed by atoms with Crippen molar-refractivity contribution in [1.29, 1.82) is 0 Å². The molecule has 0 saturated carbocycles. The Labute approximate surface area is 247 Å². The SMILES string of the molecule is Cc1c(C(=O)Nc2ccc(N3CCN(C(=O)Nc4ccccc4CF)CC3)nc2)sc2ccc(-c3ccccc3)cc12. The number of amides is 3. The van der Waals surface area contributed by atoms with Crippen LogP contribution in [0.2, 0.25) is 0 Å². The second-order valence-electron chi connectivity index (χ2n) is 10.2. The van der Waals surface area contributed by atoms with E-state index >= 15 is 0 Å². The van der Waals surface area contributed by atoms with Gasteiger partial charge >= 0.3 is 6.03 Å². The van der Waals surface area contributed by atoms with Gasteiger partial charge in [-0.25, -0.2) is 14.2 Å². The Kier molecular flexibility index (Phi) is 7.83. The molecule has 1 aliphatic heterocycles. The van der Waals surface area contributed by atoms with E-state index in [0.717, 1.165) is 32.6 Å². The lowest BCUT2D eigenvalue weighted by Crippen LogP contribution is -2.50. The Morgan fingerprint density at radius 3 is 2.38 bits per heavy atom. The number of carbonyl (C=O) groups is 2. The van der Waals surface area contributed by atoms with Crippen molar-refractivity contribution in [2.24, 2.45) is 0 Å². The number of aromatic nitrogens is 1. The predicted molar refractivity (Wildman–Crippen MR) is 168 cm³/mol. The fraction of sp³-hybridized carbons (Fsp3) is 0.182. The molecule has 3 aromatic carbocycles. The molecule has 1 saturated heterocycles. The van der Waals surface area contributed by atoms with Crippen LogP contribution >= 0.6 is 11.3 Å². The molecule has 0 radical (unpaired) electrons. The molecule has 3 amide bonds. The number of nitrogens with zero attached hydrogens (tertiary/aromatic N) is 3. The Morgan fingerprint density at radius 2 is 1.64 bits per heavy atom. The van der Waals surface area contributed by atoms with Gasteiger partial charge in [-0.15, -0.1) is 11.3 Å². The van der Waals surface area contributed by atoms with E-state index in [1.807, 2.05) is 37.3 Å². The number of fused-ring (bicyclic) bond motifs is 1. The molecule has 6 rings (SSSR count).